The average molecular weight is 290 g/mol. The Balaban J connectivity index is 0.000000383. The monoisotopic (exact) mass is 290 g/mol. The second kappa shape index (κ2) is 8.98. The van der Waals surface area contributed by atoms with E-state index in [1.54, 1.807) is 48.5 Å². The number of hydrogen-bond acceptors (Lipinski definition) is 5. The van der Waals surface area contributed by atoms with Crippen LogP contribution in [0.5, 0.6) is 11.5 Å². The first-order valence-corrected chi connectivity index (χ1v) is 5.88. The Morgan fingerprint density at radius 1 is 0.810 bits per heavy atom. The lowest BCUT2D eigenvalue weighted by Crippen LogP contribution is -2.13. The van der Waals surface area contributed by atoms with Gasteiger partial charge in [0.15, 0.2) is 0 Å². The third-order valence-corrected chi connectivity index (χ3v) is 2.06. The van der Waals surface area contributed by atoms with E-state index in [0.717, 1.165) is 7.11 Å². The fourth-order valence-electron chi connectivity index (χ4n) is 1.19. The topological polar surface area (TPSA) is 82.1 Å². The minimum Gasteiger partial charge on any atom is -0.450 e. The molecule has 0 spiro atoms. The predicted molar refractivity (Wildman–Crippen MR) is 74.6 cm³/mol. The summed E-state index contributed by atoms with van der Waals surface area (Å²) in [7, 11) is 1.10. The zero-order valence-corrected chi connectivity index (χ0v) is 11.3. The van der Waals surface area contributed by atoms with E-state index in [1.807, 2.05) is 12.1 Å². The van der Waals surface area contributed by atoms with Gasteiger partial charge in [-0.2, -0.15) is 0 Å². The summed E-state index contributed by atoms with van der Waals surface area (Å²) in [5, 5.41) is 7.50. The molecule has 0 bridgehead atoms. The van der Waals surface area contributed by atoms with Gasteiger partial charge in [0, 0.05) is 0 Å². The molecule has 0 heterocycles. The van der Waals surface area contributed by atoms with Gasteiger partial charge in [0.2, 0.25) is 0 Å². The quantitative estimate of drug-likeness (QED) is 0.672. The molecule has 0 aliphatic heterocycles. The molecular formula is C15H14O6. The van der Waals surface area contributed by atoms with Crippen molar-refractivity contribution in [2.45, 2.75) is 0 Å². The van der Waals surface area contributed by atoms with Crippen LogP contribution in [0.4, 0.5) is 9.59 Å². The van der Waals surface area contributed by atoms with Gasteiger partial charge in [-0.3, -0.25) is 0 Å². The first kappa shape index (κ1) is 16.0. The van der Waals surface area contributed by atoms with E-state index in [4.69, 9.17) is 19.4 Å². The van der Waals surface area contributed by atoms with Crippen molar-refractivity contribution in [3.63, 3.8) is 0 Å². The van der Waals surface area contributed by atoms with Crippen LogP contribution >= 0.6 is 0 Å². The molecule has 0 aliphatic rings. The number of rotatable bonds is 2. The van der Waals surface area contributed by atoms with Gasteiger partial charge in [0.05, 0.1) is 7.11 Å². The van der Waals surface area contributed by atoms with Crippen LogP contribution in [0.1, 0.15) is 0 Å². The molecular weight excluding hydrogens is 276 g/mol. The molecule has 0 amide bonds. The highest BCUT2D eigenvalue weighted by Gasteiger charge is 2.06. The second-order valence-corrected chi connectivity index (χ2v) is 3.55. The summed E-state index contributed by atoms with van der Waals surface area (Å²) in [6, 6.07) is 17.6. The van der Waals surface area contributed by atoms with E-state index < -0.39 is 12.3 Å². The smallest absolute Gasteiger partial charge is 0.450 e. The summed E-state index contributed by atoms with van der Waals surface area (Å²) < 4.78 is 13.6. The molecule has 110 valence electrons. The predicted octanol–water partition coefficient (Wildman–Crippen LogP) is 3.58. The molecule has 0 atom stereocenters. The standard InChI is InChI=1S/C13H10O3.C2H4O3/c14-13(15-11-7-3-1-4-8-11)16-12-9-5-2-6-10-12;1-5-2(3)4/h1-10H;1H3,(H,3,4). The van der Waals surface area contributed by atoms with Gasteiger partial charge in [-0.25, -0.2) is 9.59 Å². The van der Waals surface area contributed by atoms with Crippen LogP contribution in [0.2, 0.25) is 0 Å². The zero-order chi connectivity index (χ0) is 15.5. The molecule has 0 saturated heterocycles. The first-order chi connectivity index (χ1) is 10.1. The summed E-state index contributed by atoms with van der Waals surface area (Å²) >= 11 is 0. The molecule has 1 N–H and O–H groups in total. The molecule has 21 heavy (non-hydrogen) atoms. The van der Waals surface area contributed by atoms with Crippen LogP contribution in [0.15, 0.2) is 60.7 Å². The molecule has 0 saturated carbocycles. The summed E-state index contributed by atoms with van der Waals surface area (Å²) in [5.41, 5.74) is 0. The summed E-state index contributed by atoms with van der Waals surface area (Å²) in [6.07, 6.45) is -1.98. The van der Waals surface area contributed by atoms with Crippen LogP contribution in [0.3, 0.4) is 0 Å². The molecule has 2 rings (SSSR count). The van der Waals surface area contributed by atoms with Crippen molar-refractivity contribution >= 4 is 12.3 Å². The van der Waals surface area contributed by atoms with Crippen molar-refractivity contribution in [3.8, 4) is 11.5 Å². The molecule has 6 nitrogen and oxygen atoms in total. The fraction of sp³-hybridized carbons (Fsp3) is 0.0667. The highest BCUT2D eigenvalue weighted by atomic mass is 16.7. The molecule has 0 aromatic heterocycles. The van der Waals surface area contributed by atoms with E-state index >= 15 is 0 Å². The molecule has 0 fully saturated rings. The third-order valence-electron chi connectivity index (χ3n) is 2.06. The summed E-state index contributed by atoms with van der Waals surface area (Å²) in [5.74, 6) is 0.923. The largest absolute Gasteiger partial charge is 0.519 e. The van der Waals surface area contributed by atoms with Crippen LogP contribution in [-0.2, 0) is 4.74 Å². The molecule has 6 heteroatoms. The number of benzene rings is 2. The van der Waals surface area contributed by atoms with Gasteiger partial charge in [0.1, 0.15) is 11.5 Å². The number of hydrogen-bond donors (Lipinski definition) is 1. The number of methoxy groups -OCH3 is 1. The SMILES string of the molecule is COC(=O)O.O=C(Oc1ccccc1)Oc1ccccc1. The van der Waals surface area contributed by atoms with Crippen LogP contribution in [-0.4, -0.2) is 24.5 Å². The maximum Gasteiger partial charge on any atom is 0.519 e. The van der Waals surface area contributed by atoms with Gasteiger partial charge < -0.3 is 19.3 Å². The Hall–Kier alpha value is -3.02. The minimum absolute atomic E-state index is 0.462. The normalized spacial score (nSPS) is 8.81. The number of carboxylic acid groups (broad SMARTS) is 1. The third kappa shape index (κ3) is 7.22. The lowest BCUT2D eigenvalue weighted by Gasteiger charge is -2.04. The van der Waals surface area contributed by atoms with Crippen molar-refractivity contribution in [2.75, 3.05) is 7.11 Å². The lowest BCUT2D eigenvalue weighted by molar-refractivity contribution is 0.113. The Bertz CT molecular complexity index is 509. The molecule has 0 radical (unpaired) electrons. The van der Waals surface area contributed by atoms with Crippen LogP contribution in [0, 0.1) is 0 Å². The van der Waals surface area contributed by atoms with Crippen LogP contribution < -0.4 is 9.47 Å². The van der Waals surface area contributed by atoms with Gasteiger partial charge in [-0.1, -0.05) is 36.4 Å². The molecule has 0 unspecified atom stereocenters. The maximum atomic E-state index is 11.3. The Morgan fingerprint density at radius 3 is 1.43 bits per heavy atom. The Labute approximate surface area is 121 Å². The number of para-hydroxylation sites is 2. The van der Waals surface area contributed by atoms with E-state index in [1.165, 1.54) is 0 Å². The Morgan fingerprint density at radius 2 is 1.14 bits per heavy atom. The van der Waals surface area contributed by atoms with Crippen molar-refractivity contribution in [2.24, 2.45) is 0 Å². The molecule has 2 aromatic rings. The lowest BCUT2D eigenvalue weighted by atomic mass is 10.3. The first-order valence-electron chi connectivity index (χ1n) is 5.88. The molecule has 0 aliphatic carbocycles. The van der Waals surface area contributed by atoms with E-state index in [-0.39, 0.29) is 0 Å². The minimum atomic E-state index is -1.25. The zero-order valence-electron chi connectivity index (χ0n) is 11.3. The van der Waals surface area contributed by atoms with Gasteiger partial charge in [0.25, 0.3) is 0 Å². The second-order valence-electron chi connectivity index (χ2n) is 3.55. The van der Waals surface area contributed by atoms with Crippen molar-refractivity contribution in [1.82, 2.24) is 0 Å². The summed E-state index contributed by atoms with van der Waals surface area (Å²) in [4.78, 5) is 20.5. The van der Waals surface area contributed by atoms with E-state index in [2.05, 4.69) is 4.74 Å². The van der Waals surface area contributed by atoms with Crippen LogP contribution in [0.25, 0.3) is 0 Å². The Kier molecular flexibility index (Phi) is 6.85. The van der Waals surface area contributed by atoms with Crippen molar-refractivity contribution < 1.29 is 28.9 Å². The summed E-state index contributed by atoms with van der Waals surface area (Å²) in [6.45, 7) is 0. The van der Waals surface area contributed by atoms with E-state index in [9.17, 15) is 4.79 Å². The van der Waals surface area contributed by atoms with Gasteiger partial charge in [-0.15, -0.1) is 0 Å². The van der Waals surface area contributed by atoms with Gasteiger partial charge >= 0.3 is 12.3 Å². The van der Waals surface area contributed by atoms with Gasteiger partial charge in [-0.05, 0) is 24.3 Å². The maximum absolute atomic E-state index is 11.3. The number of carbonyl (C=O) groups is 2. The van der Waals surface area contributed by atoms with Crippen molar-refractivity contribution in [3.05, 3.63) is 60.7 Å². The average Bonchev–Trinajstić information content (AvgIpc) is 2.49. The number of carbonyl (C=O) groups excluding carboxylic acids is 1. The number of ether oxygens (including phenoxy) is 3. The van der Waals surface area contributed by atoms with E-state index in [0.29, 0.717) is 11.5 Å². The van der Waals surface area contributed by atoms with Crippen molar-refractivity contribution in [1.29, 1.82) is 0 Å². The molecule has 2 aromatic carbocycles. The highest BCUT2D eigenvalue weighted by molar-refractivity contribution is 5.66. The fourth-order valence-corrected chi connectivity index (χ4v) is 1.19. The highest BCUT2D eigenvalue weighted by Crippen LogP contribution is 2.12.